The summed E-state index contributed by atoms with van der Waals surface area (Å²) < 4.78 is 193. The molecule has 2 aliphatic carbocycles. The molecule has 2 saturated heterocycles. The third kappa shape index (κ3) is 33.1. The maximum absolute atomic E-state index is 15.2. The van der Waals surface area contributed by atoms with Gasteiger partial charge in [-0.1, -0.05) is 123 Å². The zero-order valence-corrected chi connectivity index (χ0v) is 82.5. The number of piperidine rings is 2. The molecule has 9 aromatic carbocycles. The molecular formula is C98H112Cl3F8N6O21P3. The van der Waals surface area contributed by atoms with Crippen molar-refractivity contribution in [3.8, 4) is 17.2 Å². The number of halogens is 11. The molecule has 2 saturated carbocycles. The van der Waals surface area contributed by atoms with E-state index in [9.17, 15) is 73.2 Å². The van der Waals surface area contributed by atoms with Gasteiger partial charge in [0.05, 0.1) is 84.5 Å². The van der Waals surface area contributed by atoms with Gasteiger partial charge in [-0.05, 0) is 254 Å². The first kappa shape index (κ1) is 112. The zero-order chi connectivity index (χ0) is 102. The number of aliphatic hydroxyl groups excluding tert-OH is 1. The van der Waals surface area contributed by atoms with Crippen molar-refractivity contribution in [2.45, 2.75) is 189 Å². The number of anilines is 4. The number of likely N-dealkylation sites (tertiary alicyclic amines) is 2. The molecule has 27 nitrogen and oxygen atoms in total. The lowest BCUT2D eigenvalue weighted by Crippen LogP contribution is -2.47. The Kier molecular flexibility index (Phi) is 42.6. The Balaban J connectivity index is 0.000000228. The number of carbonyl (C=O) groups is 6. The van der Waals surface area contributed by atoms with Crippen LogP contribution in [0.15, 0.2) is 194 Å². The molecule has 0 radical (unpaired) electrons. The summed E-state index contributed by atoms with van der Waals surface area (Å²) in [7, 11) is -11.9. The fourth-order valence-electron chi connectivity index (χ4n) is 16.4. The van der Waals surface area contributed by atoms with Crippen LogP contribution in [-0.2, 0) is 83.0 Å². The molecule has 0 spiro atoms. The lowest BCUT2D eigenvalue weighted by atomic mass is 9.83. The minimum atomic E-state index is -4.74. The van der Waals surface area contributed by atoms with Crippen LogP contribution in [0.1, 0.15) is 199 Å². The van der Waals surface area contributed by atoms with E-state index in [0.29, 0.717) is 82.4 Å². The van der Waals surface area contributed by atoms with Crippen LogP contribution in [0.2, 0.25) is 0 Å². The zero-order valence-electron chi connectivity index (χ0n) is 77.5. The van der Waals surface area contributed by atoms with Crippen molar-refractivity contribution in [2.24, 2.45) is 11.8 Å². The monoisotopic (exact) mass is 2060 g/mol. The summed E-state index contributed by atoms with van der Waals surface area (Å²) >= 11 is 14.6. The molecule has 4 aliphatic rings. The van der Waals surface area contributed by atoms with Crippen molar-refractivity contribution < 1.29 is 134 Å². The second kappa shape index (κ2) is 52.9. The van der Waals surface area contributed by atoms with Crippen molar-refractivity contribution in [1.29, 1.82) is 0 Å². The van der Waals surface area contributed by atoms with Gasteiger partial charge in [-0.25, -0.2) is 32.1 Å². The van der Waals surface area contributed by atoms with Gasteiger partial charge in [0.15, 0.2) is 0 Å². The van der Waals surface area contributed by atoms with Gasteiger partial charge in [0, 0.05) is 59.5 Å². The first-order valence-electron chi connectivity index (χ1n) is 44.8. The van der Waals surface area contributed by atoms with Crippen molar-refractivity contribution in [3.63, 3.8) is 0 Å². The highest BCUT2D eigenvalue weighted by Gasteiger charge is 2.45. The van der Waals surface area contributed by atoms with Gasteiger partial charge in [-0.15, -0.1) is 23.2 Å². The van der Waals surface area contributed by atoms with Crippen LogP contribution < -0.4 is 34.4 Å². The predicted octanol–water partition coefficient (Wildman–Crippen LogP) is 25.6. The molecule has 0 unspecified atom stereocenters. The fraction of sp³-hybridized carbons (Fsp3) is 0.388. The largest absolute Gasteiger partial charge is 0.530 e. The molecule has 9 aromatic rings. The number of benzene rings is 9. The van der Waals surface area contributed by atoms with Crippen molar-refractivity contribution in [1.82, 2.24) is 9.80 Å². The summed E-state index contributed by atoms with van der Waals surface area (Å²) in [6.45, 7) is 14.0. The van der Waals surface area contributed by atoms with Gasteiger partial charge in [-0.2, -0.15) is 26.3 Å². The summed E-state index contributed by atoms with van der Waals surface area (Å²) in [6.07, 6.45) is -0.491. The van der Waals surface area contributed by atoms with Gasteiger partial charge < -0.3 is 53.9 Å². The summed E-state index contributed by atoms with van der Waals surface area (Å²) in [6, 6.07) is 47.5. The molecule has 752 valence electrons. The van der Waals surface area contributed by atoms with E-state index in [1.165, 1.54) is 109 Å². The smallest absolute Gasteiger partial charge is 0.449 e. The van der Waals surface area contributed by atoms with Crippen LogP contribution in [0.4, 0.5) is 67.5 Å². The Bertz CT molecular complexity index is 5670. The Morgan fingerprint density at radius 3 is 1.19 bits per heavy atom. The van der Waals surface area contributed by atoms with Crippen LogP contribution in [0.25, 0.3) is 0 Å². The molecule has 0 aromatic heterocycles. The van der Waals surface area contributed by atoms with E-state index in [-0.39, 0.29) is 110 Å². The maximum Gasteiger partial charge on any atom is 0.530 e. The number of phosphoric acid groups is 3. The van der Waals surface area contributed by atoms with Gasteiger partial charge in [-0.3, -0.25) is 52.0 Å². The van der Waals surface area contributed by atoms with Crippen LogP contribution in [0.3, 0.4) is 0 Å². The number of hydrogen-bond acceptors (Lipinski definition) is 20. The first-order valence-corrected chi connectivity index (χ1v) is 50.7. The van der Waals surface area contributed by atoms with E-state index >= 15 is 4.39 Å². The molecule has 6 N–H and O–H groups in total. The lowest BCUT2D eigenvalue weighted by Gasteiger charge is -2.41. The van der Waals surface area contributed by atoms with E-state index in [1.807, 2.05) is 24.3 Å². The molecule has 0 bridgehead atoms. The Labute approximate surface area is 816 Å². The van der Waals surface area contributed by atoms with E-state index in [4.69, 9.17) is 81.6 Å². The van der Waals surface area contributed by atoms with Crippen LogP contribution in [-0.4, -0.2) is 117 Å². The molecular weight excluding hydrogens is 1950 g/mol. The highest BCUT2D eigenvalue weighted by Crippen LogP contribution is 2.52. The van der Waals surface area contributed by atoms with E-state index in [1.54, 1.807) is 131 Å². The highest BCUT2D eigenvalue weighted by molar-refractivity contribution is 7.49. The van der Waals surface area contributed by atoms with Crippen molar-refractivity contribution in [3.05, 3.63) is 278 Å². The number of nitrogens with one attached hydrogen (secondary N) is 3. The number of aryl methyl sites for hydroxylation is 4. The van der Waals surface area contributed by atoms with Crippen molar-refractivity contribution in [2.75, 3.05) is 65.7 Å². The number of phosphoric ester groups is 3. The fourth-order valence-corrected chi connectivity index (χ4v) is 19.3. The Morgan fingerprint density at radius 2 is 0.827 bits per heavy atom. The number of alkyl halides is 8. The van der Waals surface area contributed by atoms with Crippen LogP contribution in [0, 0.1) is 51.2 Å². The average molecular weight is 2060 g/mol. The Morgan fingerprint density at radius 1 is 0.460 bits per heavy atom. The lowest BCUT2D eigenvalue weighted by molar-refractivity contribution is -0.138. The van der Waals surface area contributed by atoms with Gasteiger partial charge in [0.1, 0.15) is 42.1 Å². The van der Waals surface area contributed by atoms with Crippen LogP contribution >= 0.6 is 58.3 Å². The molecule has 5 amide bonds. The summed E-state index contributed by atoms with van der Waals surface area (Å²) in [4.78, 5) is 103. The standard InChI is InChI=1S/C41H42F4N3O8P.C33H35F4N3O2.C12H16ClO6P.C11H17O5P.CH2Cl2/c1-25-12-17-29(23-34(25)41(43,44)45)46-38(49)33-10-6-22-47(39(50)36-26(2)7-5-11-35(36)42)37(33)28-15-18-31(19-16-28)48(30-8-3-4-9-30)40(51)55-24-27-13-20-32(21-14-27)56-57(52,53)54;1-20-12-15-25(19-27(20)33(35,36)37)39-31(41)26-10-6-18-40(32(42)29-21(2)7-5-11-28(29)34)30(26)22-13-16-24(17-14-22)38-23-8-3-4-9-23;1-3-17-20(15,18-4-2)19-11-7-5-10(6-8-11)9-16-12(13)14;1-3-14-17(13,15-4-2)16-11-7-5-10(9-12)6-8-11;2-1-3/h5,7,11-21,23,30,33,37H,3-4,6,8-10,22,24H2,1-2H3,(H,46,49)(H2,52,53,54);5,7,11-17,19,23,26,30,38H,3-4,6,8-10,18H2,1-2H3,(H,39,41);5-8H,3-4,9H2,1-2H3;5-8,12H,3-4,9H2,1-2H3;1H2/t33-,37-;26-,30-;;;/m00.../s1. The SMILES string of the molecule is CCOP(=O)(OCC)Oc1ccc(CO)cc1.CCOP(=O)(OCC)Oc1ccc(COC(=O)Cl)cc1.Cc1ccc(NC(=O)[C@H]2CCCN(C(=O)c3c(C)cccc3F)[C@H]2c2ccc(N(C(=O)OCc3ccc(OP(=O)(O)O)cc3)C3CCCC3)cc2)cc1C(F)(F)F.Cc1ccc(NC(=O)[C@H]2CCCN(C(=O)c3c(C)cccc3F)[C@H]2c2ccc(NC3CCCC3)cc2)cc1C(F)(F)F.ClCCl. The predicted molar refractivity (Wildman–Crippen MR) is 512 cm³/mol. The third-order valence-corrected chi connectivity index (χ3v) is 26.5. The molecule has 13 rings (SSSR count). The molecule has 4 atom stereocenters. The van der Waals surface area contributed by atoms with Gasteiger partial charge >= 0.3 is 47.3 Å². The molecule has 41 heteroatoms. The van der Waals surface area contributed by atoms with E-state index < -0.39 is 118 Å². The molecule has 139 heavy (non-hydrogen) atoms. The maximum atomic E-state index is 15.2. The minimum Gasteiger partial charge on any atom is -0.449 e. The van der Waals surface area contributed by atoms with Crippen LogP contribution in [0.5, 0.6) is 17.2 Å². The number of carbonyl (C=O) groups excluding carboxylic acids is 6. The number of hydrogen-bond donors (Lipinski definition) is 6. The first-order chi connectivity index (χ1) is 66.1. The molecule has 2 aliphatic heterocycles. The summed E-state index contributed by atoms with van der Waals surface area (Å²) in [5, 5.41) is 17.9. The quantitative estimate of drug-likeness (QED) is 0.0102. The summed E-state index contributed by atoms with van der Waals surface area (Å²) in [5.41, 5.74) is 2.76. The third-order valence-electron chi connectivity index (χ3n) is 22.8. The minimum absolute atomic E-state index is 0.00601. The van der Waals surface area contributed by atoms with Crippen molar-refractivity contribution >= 4 is 116 Å². The van der Waals surface area contributed by atoms with Gasteiger partial charge in [0.25, 0.3) is 11.8 Å². The Hall–Kier alpha value is -10.5. The number of ether oxygens (including phenoxy) is 2. The normalized spacial score (nSPS) is 16.2. The molecule has 4 fully saturated rings. The summed E-state index contributed by atoms with van der Waals surface area (Å²) in [5.74, 6) is -4.67. The second-order valence-electron chi connectivity index (χ2n) is 32.5. The highest BCUT2D eigenvalue weighted by atomic mass is 35.5. The van der Waals surface area contributed by atoms with Gasteiger partial charge in [0.2, 0.25) is 11.8 Å². The second-order valence-corrected chi connectivity index (χ2v) is 38.0. The van der Waals surface area contributed by atoms with E-state index in [0.717, 1.165) is 61.9 Å². The molecule has 2 heterocycles. The average Bonchev–Trinajstić information content (AvgIpc) is 1.49. The number of amides is 5. The number of rotatable bonds is 31. The number of aliphatic hydroxyl groups is 1. The van der Waals surface area contributed by atoms with E-state index in [2.05, 4.69) is 25.2 Å². The number of nitrogens with zero attached hydrogens (tertiary/aromatic N) is 3. The topological polar surface area (TPSA) is 343 Å².